The Hall–Kier alpha value is -1.46. The zero-order valence-electron chi connectivity index (χ0n) is 15.0. The van der Waals surface area contributed by atoms with Crippen molar-refractivity contribution in [1.29, 1.82) is 0 Å². The molecule has 0 aliphatic rings. The van der Waals surface area contributed by atoms with E-state index in [1.54, 1.807) is 7.11 Å². The lowest BCUT2D eigenvalue weighted by molar-refractivity contribution is 0.0353. The van der Waals surface area contributed by atoms with Gasteiger partial charge >= 0.3 is 0 Å². The first-order chi connectivity index (χ1) is 11.5. The molecule has 2 rings (SSSR count). The van der Waals surface area contributed by atoms with Crippen molar-refractivity contribution in [3.8, 4) is 0 Å². The summed E-state index contributed by atoms with van der Waals surface area (Å²) >= 11 is 0. The van der Waals surface area contributed by atoms with Crippen LogP contribution in [0.3, 0.4) is 0 Å². The van der Waals surface area contributed by atoms with Crippen LogP contribution in [0.1, 0.15) is 20.8 Å². The van der Waals surface area contributed by atoms with Crippen LogP contribution in [-0.2, 0) is 9.16 Å². The third kappa shape index (κ3) is 3.78. The molecule has 0 radical (unpaired) electrons. The molecule has 2 aromatic carbocycles. The Labute approximate surface area is 146 Å². The Morgan fingerprint density at radius 1 is 0.917 bits per heavy atom. The van der Waals surface area contributed by atoms with Crippen LogP contribution in [0.5, 0.6) is 0 Å². The normalized spacial score (nSPS) is 13.7. The summed E-state index contributed by atoms with van der Waals surface area (Å²) in [6.07, 6.45) is -0.346. The van der Waals surface area contributed by atoms with Crippen LogP contribution in [-0.4, -0.2) is 39.9 Å². The molecule has 0 aliphatic carbocycles. The molecule has 0 bridgehead atoms. The molecule has 4 heteroatoms. The lowest BCUT2D eigenvalue weighted by atomic mass is 10.2. The maximum Gasteiger partial charge on any atom is 0.261 e. The van der Waals surface area contributed by atoms with E-state index >= 15 is 0 Å². The van der Waals surface area contributed by atoms with Crippen molar-refractivity contribution in [3.63, 3.8) is 0 Å². The van der Waals surface area contributed by atoms with Crippen molar-refractivity contribution in [2.24, 2.45) is 0 Å². The molecule has 130 valence electrons. The van der Waals surface area contributed by atoms with Gasteiger partial charge in [-0.15, -0.1) is 0 Å². The predicted octanol–water partition coefficient (Wildman–Crippen LogP) is 2.57. The van der Waals surface area contributed by atoms with E-state index in [9.17, 15) is 5.11 Å². The number of benzene rings is 2. The first-order valence-electron chi connectivity index (χ1n) is 8.34. The van der Waals surface area contributed by atoms with Crippen LogP contribution < -0.4 is 10.4 Å². The van der Waals surface area contributed by atoms with Gasteiger partial charge in [0.05, 0.1) is 19.3 Å². The summed E-state index contributed by atoms with van der Waals surface area (Å²) < 4.78 is 12.0. The molecule has 2 aromatic rings. The third-order valence-electron chi connectivity index (χ3n) is 4.32. The van der Waals surface area contributed by atoms with Crippen molar-refractivity contribution in [1.82, 2.24) is 0 Å². The summed E-state index contributed by atoms with van der Waals surface area (Å²) in [5.41, 5.74) is 0. The van der Waals surface area contributed by atoms with Gasteiger partial charge in [0.25, 0.3) is 8.32 Å². The van der Waals surface area contributed by atoms with E-state index in [0.717, 1.165) is 0 Å². The molecule has 1 N–H and O–H groups in total. The number of ether oxygens (including phenoxy) is 1. The van der Waals surface area contributed by atoms with Gasteiger partial charge in [-0.05, 0) is 15.4 Å². The SMILES string of the molecule is COCC(CO)O[Si](c1ccccc1)(c1ccccc1)C(C)(C)C. The number of hydrogen-bond acceptors (Lipinski definition) is 3. The zero-order chi connectivity index (χ0) is 17.6. The molecule has 0 amide bonds. The van der Waals surface area contributed by atoms with Crippen molar-refractivity contribution in [2.75, 3.05) is 20.3 Å². The highest BCUT2D eigenvalue weighted by Crippen LogP contribution is 2.37. The minimum atomic E-state index is -2.61. The predicted molar refractivity (Wildman–Crippen MR) is 101 cm³/mol. The second kappa shape index (κ2) is 8.08. The maximum atomic E-state index is 9.80. The standard InChI is InChI=1S/C20H28O3Si/c1-20(2,3)24(18-11-7-5-8-12-18,19-13-9-6-10-14-19)23-17(15-21)16-22-4/h5-14,17,21H,15-16H2,1-4H3. The molecule has 24 heavy (non-hydrogen) atoms. The fourth-order valence-corrected chi connectivity index (χ4v) is 7.91. The second-order valence-corrected chi connectivity index (χ2v) is 11.3. The number of aliphatic hydroxyl groups excluding tert-OH is 1. The molecule has 0 aliphatic heterocycles. The van der Waals surface area contributed by atoms with Crippen molar-refractivity contribution in [3.05, 3.63) is 60.7 Å². The summed E-state index contributed by atoms with van der Waals surface area (Å²) in [5, 5.41) is 12.1. The van der Waals surface area contributed by atoms with Gasteiger partial charge < -0.3 is 14.3 Å². The minimum absolute atomic E-state index is 0.0572. The van der Waals surface area contributed by atoms with E-state index in [1.165, 1.54) is 10.4 Å². The molecule has 3 nitrogen and oxygen atoms in total. The molecule has 0 heterocycles. The fourth-order valence-electron chi connectivity index (χ4n) is 3.25. The maximum absolute atomic E-state index is 9.80. The molecule has 0 spiro atoms. The van der Waals surface area contributed by atoms with Crippen LogP contribution in [0.2, 0.25) is 5.04 Å². The van der Waals surface area contributed by atoms with E-state index in [-0.39, 0.29) is 17.7 Å². The van der Waals surface area contributed by atoms with Gasteiger partial charge in [-0.2, -0.15) is 0 Å². The third-order valence-corrected chi connectivity index (χ3v) is 9.41. The van der Waals surface area contributed by atoms with Gasteiger partial charge in [-0.3, -0.25) is 0 Å². The van der Waals surface area contributed by atoms with Crippen molar-refractivity contribution in [2.45, 2.75) is 31.9 Å². The van der Waals surface area contributed by atoms with E-state index in [0.29, 0.717) is 6.61 Å². The van der Waals surface area contributed by atoms with Crippen LogP contribution in [0.4, 0.5) is 0 Å². The number of rotatable bonds is 7. The average Bonchev–Trinajstić information content (AvgIpc) is 2.59. The molecular formula is C20H28O3Si. The number of hydrogen-bond donors (Lipinski definition) is 1. The molecule has 0 saturated carbocycles. The largest absolute Gasteiger partial charge is 0.400 e. The lowest BCUT2D eigenvalue weighted by Gasteiger charge is -2.44. The van der Waals surface area contributed by atoms with Crippen molar-refractivity contribution >= 4 is 18.7 Å². The topological polar surface area (TPSA) is 38.7 Å². The quantitative estimate of drug-likeness (QED) is 0.785. The Balaban J connectivity index is 2.65. The van der Waals surface area contributed by atoms with Crippen LogP contribution in [0.15, 0.2) is 60.7 Å². The van der Waals surface area contributed by atoms with E-state index in [1.807, 2.05) is 12.1 Å². The summed E-state index contributed by atoms with van der Waals surface area (Å²) in [4.78, 5) is 0. The molecule has 0 fully saturated rings. The Morgan fingerprint density at radius 3 is 1.71 bits per heavy atom. The number of aliphatic hydroxyl groups is 1. The molecule has 0 aromatic heterocycles. The number of methoxy groups -OCH3 is 1. The van der Waals surface area contributed by atoms with Gasteiger partial charge in [-0.25, -0.2) is 0 Å². The van der Waals surface area contributed by atoms with Gasteiger partial charge in [0.2, 0.25) is 0 Å². The Bertz CT molecular complexity index is 568. The highest BCUT2D eigenvalue weighted by molar-refractivity contribution is 6.99. The van der Waals surface area contributed by atoms with Crippen LogP contribution in [0, 0.1) is 0 Å². The van der Waals surface area contributed by atoms with Gasteiger partial charge in [0, 0.05) is 7.11 Å². The van der Waals surface area contributed by atoms with Crippen LogP contribution >= 0.6 is 0 Å². The molecule has 1 atom stereocenters. The second-order valence-electron chi connectivity index (χ2n) is 7.04. The van der Waals surface area contributed by atoms with Gasteiger partial charge in [0.15, 0.2) is 0 Å². The van der Waals surface area contributed by atoms with E-state index < -0.39 is 8.32 Å². The van der Waals surface area contributed by atoms with Crippen LogP contribution in [0.25, 0.3) is 0 Å². The summed E-state index contributed by atoms with van der Waals surface area (Å²) in [7, 11) is -0.974. The zero-order valence-corrected chi connectivity index (χ0v) is 16.0. The lowest BCUT2D eigenvalue weighted by Crippen LogP contribution is -2.68. The monoisotopic (exact) mass is 344 g/mol. The highest BCUT2D eigenvalue weighted by atomic mass is 28.4. The molecular weight excluding hydrogens is 316 g/mol. The Kier molecular flexibility index (Phi) is 6.35. The van der Waals surface area contributed by atoms with Gasteiger partial charge in [0.1, 0.15) is 0 Å². The summed E-state index contributed by atoms with van der Waals surface area (Å²) in [6.45, 7) is 6.99. The fraction of sp³-hybridized carbons (Fsp3) is 0.400. The Morgan fingerprint density at radius 2 is 1.38 bits per heavy atom. The molecule has 0 saturated heterocycles. The first-order valence-corrected chi connectivity index (χ1v) is 10.2. The van der Waals surface area contributed by atoms with Crippen molar-refractivity contribution < 1.29 is 14.3 Å². The minimum Gasteiger partial charge on any atom is -0.400 e. The smallest absolute Gasteiger partial charge is 0.261 e. The van der Waals surface area contributed by atoms with E-state index in [4.69, 9.17) is 9.16 Å². The summed E-state index contributed by atoms with van der Waals surface area (Å²) in [6, 6.07) is 20.8. The van der Waals surface area contributed by atoms with E-state index in [2.05, 4.69) is 69.3 Å². The molecule has 1 unspecified atom stereocenters. The highest BCUT2D eigenvalue weighted by Gasteiger charge is 2.51. The first kappa shape index (κ1) is 18.9. The average molecular weight is 345 g/mol. The van der Waals surface area contributed by atoms with Gasteiger partial charge in [-0.1, -0.05) is 81.4 Å². The summed E-state index contributed by atoms with van der Waals surface area (Å²) in [5.74, 6) is 0.